The van der Waals surface area contributed by atoms with E-state index in [1.807, 2.05) is 29.2 Å². The molecule has 0 bridgehead atoms. The van der Waals surface area contributed by atoms with Crippen LogP contribution >= 0.6 is 0 Å². The van der Waals surface area contributed by atoms with Gasteiger partial charge in [-0.25, -0.2) is 0 Å². The van der Waals surface area contributed by atoms with E-state index in [0.717, 1.165) is 17.7 Å². The van der Waals surface area contributed by atoms with Gasteiger partial charge in [-0.2, -0.15) is 0 Å². The van der Waals surface area contributed by atoms with Crippen molar-refractivity contribution in [3.8, 4) is 5.75 Å². The number of carbonyl (C=O) groups excluding carboxylic acids is 1. The maximum atomic E-state index is 12.7. The van der Waals surface area contributed by atoms with Gasteiger partial charge in [0.05, 0.1) is 13.2 Å². The van der Waals surface area contributed by atoms with E-state index in [2.05, 4.69) is 33.0 Å². The Balaban J connectivity index is 2.31. The third-order valence-corrected chi connectivity index (χ3v) is 4.30. The molecule has 0 aliphatic carbocycles. The molecule has 2 rings (SSSR count). The second kappa shape index (κ2) is 6.48. The van der Waals surface area contributed by atoms with Gasteiger partial charge in [-0.15, -0.1) is 0 Å². The van der Waals surface area contributed by atoms with Crippen molar-refractivity contribution in [1.29, 1.82) is 0 Å². The lowest BCUT2D eigenvalue weighted by Gasteiger charge is -2.30. The predicted octanol–water partition coefficient (Wildman–Crippen LogP) is 2.95. The molecule has 0 saturated carbocycles. The molecule has 0 spiro atoms. The van der Waals surface area contributed by atoms with Crippen LogP contribution in [0.15, 0.2) is 24.3 Å². The molecule has 1 aliphatic rings. The number of hydrogen-bond acceptors (Lipinski definition) is 3. The molecule has 1 saturated heterocycles. The number of hydrogen-bond donors (Lipinski definition) is 1. The number of nitrogens with zero attached hydrogens (tertiary/aromatic N) is 1. The zero-order valence-electron chi connectivity index (χ0n) is 13.6. The first kappa shape index (κ1) is 15.8. The van der Waals surface area contributed by atoms with E-state index < -0.39 is 0 Å². The van der Waals surface area contributed by atoms with Gasteiger partial charge in [0.15, 0.2) is 0 Å². The lowest BCUT2D eigenvalue weighted by atomic mass is 10.0. The molecule has 4 heteroatoms. The molecule has 1 aromatic rings. The summed E-state index contributed by atoms with van der Waals surface area (Å²) in [7, 11) is 1.66. The molecule has 1 heterocycles. The normalized spacial score (nSPS) is 23.7. The Labute approximate surface area is 127 Å². The van der Waals surface area contributed by atoms with E-state index in [4.69, 9.17) is 4.74 Å². The topological polar surface area (TPSA) is 41.6 Å². The second-order valence-corrected chi connectivity index (χ2v) is 6.07. The van der Waals surface area contributed by atoms with E-state index >= 15 is 0 Å². The minimum Gasteiger partial charge on any atom is -0.497 e. The molecular formula is C17H26N2O2. The third kappa shape index (κ3) is 3.05. The van der Waals surface area contributed by atoms with Gasteiger partial charge in [0.2, 0.25) is 5.91 Å². The minimum absolute atomic E-state index is 0.0502. The molecule has 4 nitrogen and oxygen atoms in total. The molecule has 116 valence electrons. The number of rotatable bonds is 5. The highest BCUT2D eigenvalue weighted by Crippen LogP contribution is 2.31. The first-order valence-electron chi connectivity index (χ1n) is 7.71. The predicted molar refractivity (Wildman–Crippen MR) is 84.1 cm³/mol. The largest absolute Gasteiger partial charge is 0.497 e. The van der Waals surface area contributed by atoms with Gasteiger partial charge < -0.3 is 9.64 Å². The molecule has 1 fully saturated rings. The van der Waals surface area contributed by atoms with Crippen molar-refractivity contribution in [2.24, 2.45) is 5.92 Å². The summed E-state index contributed by atoms with van der Waals surface area (Å²) in [5.74, 6) is 1.33. The van der Waals surface area contributed by atoms with Crippen molar-refractivity contribution in [2.75, 3.05) is 7.11 Å². The molecule has 1 aliphatic heterocycles. The SMILES string of the molecule is CCC(C)N1C(=O)C(C(C)C)NC1c1ccc(OC)cc1. The summed E-state index contributed by atoms with van der Waals surface area (Å²) < 4.78 is 5.21. The summed E-state index contributed by atoms with van der Waals surface area (Å²) in [6.07, 6.45) is 0.899. The average molecular weight is 290 g/mol. The fourth-order valence-electron chi connectivity index (χ4n) is 2.80. The van der Waals surface area contributed by atoms with Crippen molar-refractivity contribution < 1.29 is 9.53 Å². The standard InChI is InChI=1S/C17H26N2O2/c1-6-12(4)19-16(18-15(11(2)3)17(19)20)13-7-9-14(21-5)10-8-13/h7-12,15-16,18H,6H2,1-5H3. The summed E-state index contributed by atoms with van der Waals surface area (Å²) in [4.78, 5) is 14.7. The molecule has 1 aromatic carbocycles. The van der Waals surface area contributed by atoms with Crippen LogP contribution in [-0.2, 0) is 4.79 Å². The third-order valence-electron chi connectivity index (χ3n) is 4.30. The minimum atomic E-state index is -0.105. The highest BCUT2D eigenvalue weighted by molar-refractivity contribution is 5.85. The van der Waals surface area contributed by atoms with Gasteiger partial charge in [0, 0.05) is 6.04 Å². The average Bonchev–Trinajstić information content (AvgIpc) is 2.84. The van der Waals surface area contributed by atoms with Crippen molar-refractivity contribution in [3.05, 3.63) is 29.8 Å². The monoisotopic (exact) mass is 290 g/mol. The van der Waals surface area contributed by atoms with Crippen LogP contribution in [0, 0.1) is 5.92 Å². The summed E-state index contributed by atoms with van der Waals surface area (Å²) in [5.41, 5.74) is 1.10. The molecule has 3 atom stereocenters. The van der Waals surface area contributed by atoms with Crippen molar-refractivity contribution in [3.63, 3.8) is 0 Å². The first-order valence-corrected chi connectivity index (χ1v) is 7.71. The maximum absolute atomic E-state index is 12.7. The van der Waals surface area contributed by atoms with Crippen LogP contribution in [0.3, 0.4) is 0 Å². The molecular weight excluding hydrogens is 264 g/mol. The first-order chi connectivity index (χ1) is 9.99. The van der Waals surface area contributed by atoms with Gasteiger partial charge in [-0.1, -0.05) is 32.9 Å². The number of amides is 1. The summed E-state index contributed by atoms with van der Waals surface area (Å²) in [6.45, 7) is 8.39. The summed E-state index contributed by atoms with van der Waals surface area (Å²) in [5, 5.41) is 3.49. The van der Waals surface area contributed by atoms with Crippen LogP contribution in [0.4, 0.5) is 0 Å². The summed E-state index contributed by atoms with van der Waals surface area (Å²) >= 11 is 0. The number of carbonyl (C=O) groups is 1. The van der Waals surface area contributed by atoms with Gasteiger partial charge in [-0.3, -0.25) is 10.1 Å². The van der Waals surface area contributed by atoms with Crippen LogP contribution in [0.1, 0.15) is 45.8 Å². The Hall–Kier alpha value is -1.55. The van der Waals surface area contributed by atoms with Crippen LogP contribution in [0.25, 0.3) is 0 Å². The zero-order chi connectivity index (χ0) is 15.6. The highest BCUT2D eigenvalue weighted by Gasteiger charge is 2.42. The quantitative estimate of drug-likeness (QED) is 0.906. The Kier molecular flexibility index (Phi) is 4.88. The second-order valence-electron chi connectivity index (χ2n) is 6.07. The van der Waals surface area contributed by atoms with Gasteiger partial charge in [-0.05, 0) is 37.0 Å². The fraction of sp³-hybridized carbons (Fsp3) is 0.588. The Morgan fingerprint density at radius 1 is 1.24 bits per heavy atom. The van der Waals surface area contributed by atoms with Gasteiger partial charge in [0.25, 0.3) is 0 Å². The lowest BCUT2D eigenvalue weighted by Crippen LogP contribution is -2.39. The summed E-state index contributed by atoms with van der Waals surface area (Å²) in [6, 6.07) is 8.06. The number of ether oxygens (including phenoxy) is 1. The van der Waals surface area contributed by atoms with E-state index in [1.165, 1.54) is 0 Å². The molecule has 0 radical (unpaired) electrons. The van der Waals surface area contributed by atoms with Gasteiger partial charge >= 0.3 is 0 Å². The molecule has 0 aromatic heterocycles. The fourth-order valence-corrected chi connectivity index (χ4v) is 2.80. The molecule has 1 N–H and O–H groups in total. The van der Waals surface area contributed by atoms with E-state index in [9.17, 15) is 4.79 Å². The maximum Gasteiger partial charge on any atom is 0.241 e. The van der Waals surface area contributed by atoms with E-state index in [1.54, 1.807) is 7.11 Å². The van der Waals surface area contributed by atoms with Gasteiger partial charge in [0.1, 0.15) is 11.9 Å². The zero-order valence-corrected chi connectivity index (χ0v) is 13.6. The smallest absolute Gasteiger partial charge is 0.241 e. The Bertz CT molecular complexity index is 484. The molecule has 1 amide bonds. The van der Waals surface area contributed by atoms with Crippen molar-refractivity contribution in [1.82, 2.24) is 10.2 Å². The highest BCUT2D eigenvalue weighted by atomic mass is 16.5. The molecule has 21 heavy (non-hydrogen) atoms. The van der Waals surface area contributed by atoms with Crippen molar-refractivity contribution in [2.45, 2.75) is 52.4 Å². The van der Waals surface area contributed by atoms with Crippen LogP contribution in [-0.4, -0.2) is 30.0 Å². The number of methoxy groups -OCH3 is 1. The number of benzene rings is 1. The van der Waals surface area contributed by atoms with Crippen LogP contribution in [0.5, 0.6) is 5.75 Å². The van der Waals surface area contributed by atoms with Crippen LogP contribution in [0.2, 0.25) is 0 Å². The number of nitrogens with one attached hydrogen (secondary N) is 1. The Morgan fingerprint density at radius 2 is 1.86 bits per heavy atom. The van der Waals surface area contributed by atoms with Crippen molar-refractivity contribution >= 4 is 5.91 Å². The Morgan fingerprint density at radius 3 is 2.33 bits per heavy atom. The van der Waals surface area contributed by atoms with E-state index in [0.29, 0.717) is 0 Å². The lowest BCUT2D eigenvalue weighted by molar-refractivity contribution is -0.132. The van der Waals surface area contributed by atoms with Crippen LogP contribution < -0.4 is 10.1 Å². The van der Waals surface area contributed by atoms with E-state index in [-0.39, 0.29) is 30.1 Å². The molecule has 3 unspecified atom stereocenters.